The molecule has 1 aliphatic carbocycles. The van der Waals surface area contributed by atoms with Crippen molar-refractivity contribution < 1.29 is 4.39 Å². The molecule has 5 heteroatoms. The van der Waals surface area contributed by atoms with Crippen LogP contribution in [0.3, 0.4) is 0 Å². The van der Waals surface area contributed by atoms with Crippen molar-refractivity contribution in [1.82, 2.24) is 14.9 Å². The monoisotopic (exact) mass is 380 g/mol. The van der Waals surface area contributed by atoms with E-state index in [0.717, 1.165) is 50.4 Å². The third-order valence-electron chi connectivity index (χ3n) is 7.14. The van der Waals surface area contributed by atoms with Gasteiger partial charge >= 0.3 is 0 Å². The second-order valence-electron chi connectivity index (χ2n) is 8.82. The van der Waals surface area contributed by atoms with Crippen LogP contribution in [0.1, 0.15) is 49.2 Å². The van der Waals surface area contributed by atoms with E-state index in [4.69, 9.17) is 4.98 Å². The van der Waals surface area contributed by atoms with E-state index in [0.29, 0.717) is 6.04 Å². The van der Waals surface area contributed by atoms with Crippen molar-refractivity contribution in [3.8, 4) is 0 Å². The van der Waals surface area contributed by atoms with Gasteiger partial charge in [0.05, 0.1) is 11.4 Å². The van der Waals surface area contributed by atoms with E-state index >= 15 is 0 Å². The maximum absolute atomic E-state index is 14.1. The Morgan fingerprint density at radius 2 is 1.93 bits per heavy atom. The van der Waals surface area contributed by atoms with Gasteiger partial charge in [-0.2, -0.15) is 0 Å². The quantitative estimate of drug-likeness (QED) is 0.792. The molecule has 28 heavy (non-hydrogen) atoms. The average molecular weight is 381 g/mol. The molecule has 2 aromatic rings. The first-order chi connectivity index (χ1) is 13.6. The summed E-state index contributed by atoms with van der Waals surface area (Å²) in [4.78, 5) is 14.2. The fraction of sp³-hybridized carbons (Fsp3) is 0.565. The van der Waals surface area contributed by atoms with E-state index < -0.39 is 0 Å². The molecule has 4 nitrogen and oxygen atoms in total. The molecule has 2 saturated heterocycles. The van der Waals surface area contributed by atoms with Gasteiger partial charge in [-0.1, -0.05) is 12.1 Å². The minimum atomic E-state index is -0.101. The predicted octanol–water partition coefficient (Wildman–Crippen LogP) is 3.87. The van der Waals surface area contributed by atoms with Gasteiger partial charge in [0, 0.05) is 37.3 Å². The molecule has 3 aliphatic rings. The molecule has 0 N–H and O–H groups in total. The number of hydrogen-bond acceptors (Lipinski definition) is 4. The second-order valence-corrected chi connectivity index (χ2v) is 8.82. The van der Waals surface area contributed by atoms with Crippen LogP contribution >= 0.6 is 0 Å². The highest BCUT2D eigenvalue weighted by Gasteiger charge is 2.45. The fourth-order valence-corrected chi connectivity index (χ4v) is 5.69. The first kappa shape index (κ1) is 18.0. The number of fused-ring (bicyclic) bond motifs is 2. The number of para-hydroxylation sites is 1. The summed E-state index contributed by atoms with van der Waals surface area (Å²) in [5.74, 6) is 0.797. The summed E-state index contributed by atoms with van der Waals surface area (Å²) >= 11 is 0. The molecule has 0 bridgehead atoms. The van der Waals surface area contributed by atoms with Crippen molar-refractivity contribution in [3.05, 3.63) is 53.4 Å². The van der Waals surface area contributed by atoms with Crippen molar-refractivity contribution in [2.75, 3.05) is 31.1 Å². The van der Waals surface area contributed by atoms with E-state index in [1.807, 2.05) is 19.1 Å². The Morgan fingerprint density at radius 1 is 1.11 bits per heavy atom. The first-order valence-electron chi connectivity index (χ1n) is 10.7. The number of aryl methyl sites for hydroxylation is 2. The molecule has 2 fully saturated rings. The SMILES string of the molecule is Cc1ncc2c(n1)C1(CCCN(C3CCN(c4ccccc4F)CC3)C1)CC2. The summed E-state index contributed by atoms with van der Waals surface area (Å²) in [7, 11) is 0. The highest BCUT2D eigenvalue weighted by molar-refractivity contribution is 5.48. The number of anilines is 1. The van der Waals surface area contributed by atoms with Crippen LogP contribution in [0.5, 0.6) is 0 Å². The number of piperidine rings is 2. The topological polar surface area (TPSA) is 32.3 Å². The van der Waals surface area contributed by atoms with Gasteiger partial charge in [0.1, 0.15) is 11.6 Å². The van der Waals surface area contributed by atoms with Crippen LogP contribution in [0.4, 0.5) is 10.1 Å². The second kappa shape index (κ2) is 7.11. The summed E-state index contributed by atoms with van der Waals surface area (Å²) in [5, 5.41) is 0. The Bertz CT molecular complexity index is 857. The van der Waals surface area contributed by atoms with Crippen LogP contribution in [-0.2, 0) is 11.8 Å². The average Bonchev–Trinajstić information content (AvgIpc) is 3.06. The molecule has 1 atom stereocenters. The third-order valence-corrected chi connectivity index (χ3v) is 7.14. The largest absolute Gasteiger partial charge is 0.369 e. The molecule has 2 aliphatic heterocycles. The summed E-state index contributed by atoms with van der Waals surface area (Å²) in [6.45, 7) is 6.19. The number of hydrogen-bond donors (Lipinski definition) is 0. The van der Waals surface area contributed by atoms with Crippen molar-refractivity contribution in [3.63, 3.8) is 0 Å². The normalized spacial score (nSPS) is 26.0. The summed E-state index contributed by atoms with van der Waals surface area (Å²) < 4.78 is 14.1. The Hall–Kier alpha value is -2.01. The third kappa shape index (κ3) is 3.10. The molecule has 1 unspecified atom stereocenters. The zero-order valence-corrected chi connectivity index (χ0v) is 16.7. The molecule has 3 heterocycles. The minimum Gasteiger partial charge on any atom is -0.369 e. The molecule has 0 saturated carbocycles. The van der Waals surface area contributed by atoms with Gasteiger partial charge in [-0.05, 0) is 69.7 Å². The Labute approximate surface area is 166 Å². The Morgan fingerprint density at radius 3 is 2.75 bits per heavy atom. The zero-order valence-electron chi connectivity index (χ0n) is 16.7. The van der Waals surface area contributed by atoms with Gasteiger partial charge in [0.15, 0.2) is 0 Å². The van der Waals surface area contributed by atoms with E-state index in [9.17, 15) is 4.39 Å². The number of likely N-dealkylation sites (tertiary alicyclic amines) is 1. The molecule has 0 radical (unpaired) electrons. The zero-order chi connectivity index (χ0) is 19.1. The maximum atomic E-state index is 14.1. The van der Waals surface area contributed by atoms with Gasteiger partial charge in [-0.15, -0.1) is 0 Å². The van der Waals surface area contributed by atoms with E-state index in [1.54, 1.807) is 12.1 Å². The minimum absolute atomic E-state index is 0.101. The molecular weight excluding hydrogens is 351 g/mol. The molecule has 5 rings (SSSR count). The predicted molar refractivity (Wildman–Crippen MR) is 109 cm³/mol. The van der Waals surface area contributed by atoms with E-state index in [1.165, 1.54) is 37.1 Å². The van der Waals surface area contributed by atoms with Gasteiger partial charge in [0.2, 0.25) is 0 Å². The first-order valence-corrected chi connectivity index (χ1v) is 10.7. The van der Waals surface area contributed by atoms with Gasteiger partial charge in [0.25, 0.3) is 0 Å². The summed E-state index contributed by atoms with van der Waals surface area (Å²) in [5.41, 5.74) is 3.67. The smallest absolute Gasteiger partial charge is 0.146 e. The fourth-order valence-electron chi connectivity index (χ4n) is 5.69. The highest BCUT2D eigenvalue weighted by Crippen LogP contribution is 2.44. The molecule has 1 aromatic heterocycles. The number of aromatic nitrogens is 2. The maximum Gasteiger partial charge on any atom is 0.146 e. The molecule has 1 aromatic carbocycles. The van der Waals surface area contributed by atoms with Crippen LogP contribution < -0.4 is 4.90 Å². The molecular formula is C23H29FN4. The highest BCUT2D eigenvalue weighted by atomic mass is 19.1. The lowest BCUT2D eigenvalue weighted by atomic mass is 9.76. The Kier molecular flexibility index (Phi) is 4.58. The lowest BCUT2D eigenvalue weighted by Crippen LogP contribution is -2.52. The lowest BCUT2D eigenvalue weighted by Gasteiger charge is -2.46. The number of benzene rings is 1. The van der Waals surface area contributed by atoms with Crippen LogP contribution in [0.25, 0.3) is 0 Å². The molecule has 1 spiro atoms. The van der Waals surface area contributed by atoms with Crippen molar-refractivity contribution >= 4 is 5.69 Å². The van der Waals surface area contributed by atoms with Crippen molar-refractivity contribution in [1.29, 1.82) is 0 Å². The molecule has 0 amide bonds. The molecule has 148 valence electrons. The Balaban J connectivity index is 1.29. The van der Waals surface area contributed by atoms with Gasteiger partial charge < -0.3 is 4.90 Å². The van der Waals surface area contributed by atoms with Gasteiger partial charge in [-0.25, -0.2) is 14.4 Å². The van der Waals surface area contributed by atoms with Crippen LogP contribution in [0.15, 0.2) is 30.5 Å². The lowest BCUT2D eigenvalue weighted by molar-refractivity contribution is 0.0860. The van der Waals surface area contributed by atoms with Crippen LogP contribution in [0, 0.1) is 12.7 Å². The van der Waals surface area contributed by atoms with E-state index in [2.05, 4.69) is 21.0 Å². The van der Waals surface area contributed by atoms with Gasteiger partial charge in [-0.3, -0.25) is 4.90 Å². The standard InChI is InChI=1S/C23H29FN4/c1-17-25-15-18-7-11-23(22(18)26-17)10-4-12-28(16-23)19-8-13-27(14-9-19)21-6-3-2-5-20(21)24/h2-3,5-6,15,19H,4,7-14,16H2,1H3. The number of rotatable bonds is 2. The number of nitrogens with zero attached hydrogens (tertiary/aromatic N) is 4. The summed E-state index contributed by atoms with van der Waals surface area (Å²) in [6.07, 6.45) is 9.11. The van der Waals surface area contributed by atoms with Crippen LogP contribution in [0.2, 0.25) is 0 Å². The number of halogens is 1. The van der Waals surface area contributed by atoms with Crippen molar-refractivity contribution in [2.24, 2.45) is 0 Å². The summed E-state index contributed by atoms with van der Waals surface area (Å²) in [6, 6.07) is 7.77. The van der Waals surface area contributed by atoms with Crippen molar-refractivity contribution in [2.45, 2.75) is 56.9 Å². The van der Waals surface area contributed by atoms with E-state index in [-0.39, 0.29) is 11.2 Å². The van der Waals surface area contributed by atoms with Crippen LogP contribution in [-0.4, -0.2) is 47.1 Å².